The second-order valence-corrected chi connectivity index (χ2v) is 6.31. The first kappa shape index (κ1) is 16.3. The van der Waals surface area contributed by atoms with E-state index in [1.165, 1.54) is 0 Å². The van der Waals surface area contributed by atoms with Gasteiger partial charge in [0, 0.05) is 49.2 Å². The van der Waals surface area contributed by atoms with Crippen LogP contribution in [0.5, 0.6) is 0 Å². The lowest BCUT2D eigenvalue weighted by molar-refractivity contribution is -0.116. The third-order valence-electron chi connectivity index (χ3n) is 4.40. The molecule has 5 heteroatoms. The number of anilines is 1. The summed E-state index contributed by atoms with van der Waals surface area (Å²) >= 11 is 0. The van der Waals surface area contributed by atoms with Gasteiger partial charge in [0.25, 0.3) is 5.91 Å². The molecule has 1 saturated heterocycles. The van der Waals surface area contributed by atoms with Crippen LogP contribution in [-0.2, 0) is 4.79 Å². The van der Waals surface area contributed by atoms with Crippen LogP contribution >= 0.6 is 0 Å². The zero-order valence-electron chi connectivity index (χ0n) is 13.9. The van der Waals surface area contributed by atoms with Crippen LogP contribution < -0.4 is 5.32 Å². The molecule has 126 valence electrons. The van der Waals surface area contributed by atoms with Crippen LogP contribution in [0.4, 0.5) is 5.69 Å². The average Bonchev–Trinajstić information content (AvgIpc) is 3.27. The van der Waals surface area contributed by atoms with Gasteiger partial charge in [-0.2, -0.15) is 0 Å². The number of amides is 2. The Hall–Kier alpha value is -2.56. The van der Waals surface area contributed by atoms with Gasteiger partial charge in [-0.25, -0.2) is 0 Å². The third-order valence-corrected chi connectivity index (χ3v) is 4.40. The molecule has 1 N–H and O–H groups in total. The molecule has 2 aromatic rings. The summed E-state index contributed by atoms with van der Waals surface area (Å²) in [4.78, 5) is 26.5. The van der Waals surface area contributed by atoms with Crippen molar-refractivity contribution in [3.63, 3.8) is 0 Å². The van der Waals surface area contributed by atoms with Crippen molar-refractivity contribution in [1.29, 1.82) is 0 Å². The number of hydrogen-bond donors (Lipinski definition) is 1. The van der Waals surface area contributed by atoms with Crippen molar-refractivity contribution in [2.75, 3.05) is 18.4 Å². The molecular weight excluding hydrogens is 302 g/mol. The monoisotopic (exact) mass is 325 g/mol. The minimum absolute atomic E-state index is 0.0457. The Balaban J connectivity index is 1.61. The Morgan fingerprint density at radius 3 is 2.54 bits per heavy atom. The zero-order chi connectivity index (χ0) is 16.9. The summed E-state index contributed by atoms with van der Waals surface area (Å²) in [6.45, 7) is 3.65. The van der Waals surface area contributed by atoms with Crippen LogP contribution in [0.2, 0.25) is 0 Å². The van der Waals surface area contributed by atoms with Gasteiger partial charge >= 0.3 is 0 Å². The topological polar surface area (TPSA) is 54.3 Å². The number of rotatable bonds is 5. The molecule has 1 aromatic heterocycles. The molecule has 0 radical (unpaired) electrons. The summed E-state index contributed by atoms with van der Waals surface area (Å²) in [5, 5.41) is 2.90. The molecular formula is C19H23N3O2. The number of benzene rings is 1. The number of hydrogen-bond acceptors (Lipinski definition) is 2. The van der Waals surface area contributed by atoms with Gasteiger partial charge in [-0.15, -0.1) is 0 Å². The van der Waals surface area contributed by atoms with Crippen LogP contribution in [0.1, 0.15) is 42.6 Å². The highest BCUT2D eigenvalue weighted by Gasteiger charge is 2.19. The van der Waals surface area contributed by atoms with E-state index in [1.54, 1.807) is 12.1 Å². The van der Waals surface area contributed by atoms with E-state index in [-0.39, 0.29) is 17.9 Å². The van der Waals surface area contributed by atoms with Crippen LogP contribution in [0, 0.1) is 0 Å². The highest BCUT2D eigenvalue weighted by Crippen LogP contribution is 2.18. The van der Waals surface area contributed by atoms with Gasteiger partial charge in [-0.05, 0) is 50.1 Å². The van der Waals surface area contributed by atoms with Gasteiger partial charge in [0.1, 0.15) is 0 Å². The second-order valence-electron chi connectivity index (χ2n) is 6.31. The summed E-state index contributed by atoms with van der Waals surface area (Å²) in [5.41, 5.74) is 1.30. The lowest BCUT2D eigenvalue weighted by atomic mass is 10.1. The number of carbonyl (C=O) groups is 2. The van der Waals surface area contributed by atoms with Crippen molar-refractivity contribution in [2.45, 2.75) is 32.2 Å². The first-order chi connectivity index (χ1) is 11.6. The molecule has 0 aliphatic carbocycles. The lowest BCUT2D eigenvalue weighted by Gasteiger charge is -2.16. The molecule has 0 bridgehead atoms. The largest absolute Gasteiger partial charge is 0.351 e. The minimum Gasteiger partial charge on any atom is -0.351 e. The maximum atomic E-state index is 12.4. The molecule has 1 fully saturated rings. The predicted octanol–water partition coefficient (Wildman–Crippen LogP) is 3.31. The summed E-state index contributed by atoms with van der Waals surface area (Å²) < 4.78 is 2.01. The molecule has 0 saturated carbocycles. The maximum absolute atomic E-state index is 12.4. The Bertz CT molecular complexity index is 703. The van der Waals surface area contributed by atoms with E-state index in [9.17, 15) is 9.59 Å². The quantitative estimate of drug-likeness (QED) is 0.917. The van der Waals surface area contributed by atoms with Gasteiger partial charge < -0.3 is 14.8 Å². The van der Waals surface area contributed by atoms with E-state index in [0.717, 1.165) is 25.9 Å². The summed E-state index contributed by atoms with van der Waals surface area (Å²) in [6, 6.07) is 11.2. The minimum atomic E-state index is -0.0537. The Morgan fingerprint density at radius 1 is 1.12 bits per heavy atom. The summed E-state index contributed by atoms with van der Waals surface area (Å²) in [5.74, 6) is -0.00807. The number of carbonyl (C=O) groups excluding carboxylic acids is 2. The van der Waals surface area contributed by atoms with Crippen LogP contribution in [0.15, 0.2) is 48.8 Å². The predicted molar refractivity (Wildman–Crippen MR) is 94.0 cm³/mol. The molecule has 24 heavy (non-hydrogen) atoms. The van der Waals surface area contributed by atoms with E-state index in [2.05, 4.69) is 5.32 Å². The van der Waals surface area contributed by atoms with E-state index < -0.39 is 0 Å². The van der Waals surface area contributed by atoms with Gasteiger partial charge in [0.2, 0.25) is 5.91 Å². The molecule has 3 rings (SSSR count). The van der Waals surface area contributed by atoms with Crippen molar-refractivity contribution in [3.8, 4) is 0 Å². The molecule has 0 spiro atoms. The van der Waals surface area contributed by atoms with Crippen molar-refractivity contribution in [2.24, 2.45) is 0 Å². The molecule has 5 nitrogen and oxygen atoms in total. The van der Waals surface area contributed by atoms with Crippen LogP contribution in [0.3, 0.4) is 0 Å². The number of likely N-dealkylation sites (tertiary alicyclic amines) is 1. The first-order valence-electron chi connectivity index (χ1n) is 8.45. The highest BCUT2D eigenvalue weighted by molar-refractivity contribution is 5.97. The summed E-state index contributed by atoms with van der Waals surface area (Å²) in [6.07, 6.45) is 6.43. The number of nitrogens with zero attached hydrogens (tertiary/aromatic N) is 2. The highest BCUT2D eigenvalue weighted by atomic mass is 16.2. The van der Waals surface area contributed by atoms with E-state index >= 15 is 0 Å². The lowest BCUT2D eigenvalue weighted by Crippen LogP contribution is -2.27. The van der Waals surface area contributed by atoms with Crippen LogP contribution in [0.25, 0.3) is 0 Å². The molecule has 0 unspecified atom stereocenters. The van der Waals surface area contributed by atoms with E-state index in [4.69, 9.17) is 0 Å². The molecule has 2 heterocycles. The Labute approximate surface area is 142 Å². The standard InChI is InChI=1S/C19H23N3O2/c1-15(21-9-2-3-10-21)13-18(23)20-17-8-6-7-16(14-17)19(24)22-11-4-5-12-22/h2-3,6-10,14-15H,4-5,11-13H2,1H3,(H,20,23)/t15-/m1/s1. The fourth-order valence-corrected chi connectivity index (χ4v) is 3.06. The van der Waals surface area contributed by atoms with Crippen LogP contribution in [-0.4, -0.2) is 34.4 Å². The molecule has 1 atom stereocenters. The number of nitrogens with one attached hydrogen (secondary N) is 1. The molecule has 1 aromatic carbocycles. The molecule has 1 aliphatic heterocycles. The molecule has 1 aliphatic rings. The normalized spacial score (nSPS) is 15.3. The van der Waals surface area contributed by atoms with Gasteiger partial charge in [0.05, 0.1) is 0 Å². The van der Waals surface area contributed by atoms with Gasteiger partial charge in [-0.3, -0.25) is 9.59 Å². The summed E-state index contributed by atoms with van der Waals surface area (Å²) in [7, 11) is 0. The fourth-order valence-electron chi connectivity index (χ4n) is 3.06. The first-order valence-corrected chi connectivity index (χ1v) is 8.45. The van der Waals surface area contributed by atoms with Gasteiger partial charge in [0.15, 0.2) is 0 Å². The average molecular weight is 325 g/mol. The van der Waals surface area contributed by atoms with Crippen molar-refractivity contribution in [3.05, 3.63) is 54.4 Å². The Morgan fingerprint density at radius 2 is 1.83 bits per heavy atom. The van der Waals surface area contributed by atoms with Crippen molar-refractivity contribution in [1.82, 2.24) is 9.47 Å². The molecule has 2 amide bonds. The van der Waals surface area contributed by atoms with Crippen molar-refractivity contribution >= 4 is 17.5 Å². The SMILES string of the molecule is C[C@H](CC(=O)Nc1cccc(C(=O)N2CCCC2)c1)n1cccc1. The third kappa shape index (κ3) is 3.85. The Kier molecular flexibility index (Phi) is 4.99. The van der Waals surface area contributed by atoms with E-state index in [0.29, 0.717) is 17.7 Å². The van der Waals surface area contributed by atoms with Gasteiger partial charge in [-0.1, -0.05) is 6.07 Å². The van der Waals surface area contributed by atoms with E-state index in [1.807, 2.05) is 53.0 Å². The number of aromatic nitrogens is 1. The maximum Gasteiger partial charge on any atom is 0.253 e. The fraction of sp³-hybridized carbons (Fsp3) is 0.368. The zero-order valence-corrected chi connectivity index (χ0v) is 13.9. The van der Waals surface area contributed by atoms with Crippen molar-refractivity contribution < 1.29 is 9.59 Å². The second kappa shape index (κ2) is 7.34. The smallest absolute Gasteiger partial charge is 0.253 e.